The van der Waals surface area contributed by atoms with Gasteiger partial charge in [0.05, 0.1) is 0 Å². The number of carbonyl (C=O) groups excluding carboxylic acids is 1. The number of ether oxygens (including phenoxy) is 1. The monoisotopic (exact) mass is 451 g/mol. The van der Waals surface area contributed by atoms with Gasteiger partial charge in [0.2, 0.25) is 0 Å². The van der Waals surface area contributed by atoms with Crippen molar-refractivity contribution in [1.82, 2.24) is 5.32 Å². The van der Waals surface area contributed by atoms with Crippen molar-refractivity contribution in [1.29, 1.82) is 0 Å². The summed E-state index contributed by atoms with van der Waals surface area (Å²) in [4.78, 5) is 24.4. The molecule has 0 saturated carbocycles. The van der Waals surface area contributed by atoms with Crippen molar-refractivity contribution in [3.63, 3.8) is 0 Å². The van der Waals surface area contributed by atoms with Crippen LogP contribution in [-0.2, 0) is 16.0 Å². The van der Waals surface area contributed by atoms with Gasteiger partial charge in [0.25, 0.3) is 0 Å². The van der Waals surface area contributed by atoms with Gasteiger partial charge in [-0.15, -0.1) is 0 Å². The van der Waals surface area contributed by atoms with E-state index in [4.69, 9.17) is 4.74 Å². The Labute approximate surface area is 198 Å². The molecule has 34 heavy (non-hydrogen) atoms. The number of nitrogens with one attached hydrogen (secondary N) is 1. The number of hydrogen-bond acceptors (Lipinski definition) is 3. The van der Waals surface area contributed by atoms with Crippen LogP contribution in [0, 0.1) is 0 Å². The number of hydrogen-bond donors (Lipinski definition) is 2. The number of amides is 1. The van der Waals surface area contributed by atoms with Crippen LogP contribution in [0.2, 0.25) is 0 Å². The van der Waals surface area contributed by atoms with E-state index in [1.807, 2.05) is 78.9 Å². The third-order valence-corrected chi connectivity index (χ3v) is 6.52. The third-order valence-electron chi connectivity index (χ3n) is 6.52. The topological polar surface area (TPSA) is 75.6 Å². The molecule has 5 heteroatoms. The first-order valence-corrected chi connectivity index (χ1v) is 11.4. The van der Waals surface area contributed by atoms with Gasteiger partial charge in [-0.25, -0.2) is 9.59 Å². The Balaban J connectivity index is 1.24. The molecule has 0 fully saturated rings. The zero-order valence-corrected chi connectivity index (χ0v) is 18.6. The maximum atomic E-state index is 12.6. The fraction of sp³-hybridized carbons (Fsp3) is 0.172. The zero-order chi connectivity index (χ0) is 23.5. The highest BCUT2D eigenvalue weighted by molar-refractivity contribution is 5.86. The summed E-state index contributed by atoms with van der Waals surface area (Å²) in [7, 11) is 0. The minimum absolute atomic E-state index is 0.0721. The quantitative estimate of drug-likeness (QED) is 0.374. The van der Waals surface area contributed by atoms with Crippen LogP contribution < -0.4 is 5.32 Å². The second-order valence-electron chi connectivity index (χ2n) is 8.54. The Bertz CT molecular complexity index is 1310. The fourth-order valence-corrected chi connectivity index (χ4v) is 4.85. The fourth-order valence-electron chi connectivity index (χ4n) is 4.85. The van der Waals surface area contributed by atoms with Gasteiger partial charge in [-0.05, 0) is 51.4 Å². The molecule has 0 heterocycles. The van der Waals surface area contributed by atoms with E-state index < -0.39 is 18.1 Å². The van der Waals surface area contributed by atoms with Crippen molar-refractivity contribution in [2.24, 2.45) is 0 Å². The largest absolute Gasteiger partial charge is 0.480 e. The minimum atomic E-state index is -1.08. The summed E-state index contributed by atoms with van der Waals surface area (Å²) in [5.74, 6) is -1.15. The van der Waals surface area contributed by atoms with Gasteiger partial charge >= 0.3 is 12.1 Å². The number of carboxylic acid groups (broad SMARTS) is 1. The van der Waals surface area contributed by atoms with Gasteiger partial charge in [-0.2, -0.15) is 0 Å². The molecule has 0 saturated heterocycles. The number of carbonyl (C=O) groups is 2. The van der Waals surface area contributed by atoms with Gasteiger partial charge < -0.3 is 15.2 Å². The predicted molar refractivity (Wildman–Crippen MR) is 132 cm³/mol. The second kappa shape index (κ2) is 9.40. The van der Waals surface area contributed by atoms with Gasteiger partial charge in [-0.1, -0.05) is 91.0 Å². The number of aryl methyl sites for hydroxylation is 1. The van der Waals surface area contributed by atoms with E-state index in [1.54, 1.807) is 0 Å². The first kappa shape index (κ1) is 21.7. The average Bonchev–Trinajstić information content (AvgIpc) is 3.19. The molecule has 5 nitrogen and oxygen atoms in total. The van der Waals surface area contributed by atoms with E-state index >= 15 is 0 Å². The summed E-state index contributed by atoms with van der Waals surface area (Å²) in [6, 6.07) is 29.1. The standard InChI is InChI=1S/C29H25NO4/c31-28(32)27(17-16-20-10-7-9-19-8-1-2-11-21(19)20)30-29(33)34-18-26-24-14-5-3-12-22(24)23-13-4-6-15-25(23)26/h1-15,26-27H,16-18H2,(H,30,33)(H,31,32)/t27-/m0/s1. The molecule has 1 atom stereocenters. The molecule has 1 aliphatic rings. The zero-order valence-electron chi connectivity index (χ0n) is 18.6. The lowest BCUT2D eigenvalue weighted by Crippen LogP contribution is -2.41. The van der Waals surface area contributed by atoms with E-state index in [9.17, 15) is 14.7 Å². The number of benzene rings is 4. The van der Waals surface area contributed by atoms with Gasteiger partial charge in [-0.3, -0.25) is 0 Å². The minimum Gasteiger partial charge on any atom is -0.480 e. The molecular weight excluding hydrogens is 426 g/mol. The lowest BCUT2D eigenvalue weighted by molar-refractivity contribution is -0.139. The normalized spacial score (nSPS) is 13.2. The van der Waals surface area contributed by atoms with E-state index in [-0.39, 0.29) is 18.9 Å². The summed E-state index contributed by atoms with van der Waals surface area (Å²) < 4.78 is 5.53. The van der Waals surface area contributed by atoms with Crippen molar-refractivity contribution >= 4 is 22.8 Å². The van der Waals surface area contributed by atoms with Crippen LogP contribution >= 0.6 is 0 Å². The predicted octanol–water partition coefficient (Wildman–Crippen LogP) is 5.76. The Kier molecular flexibility index (Phi) is 6.00. The summed E-state index contributed by atoms with van der Waals surface area (Å²) in [6.45, 7) is 0.148. The van der Waals surface area contributed by atoms with Crippen LogP contribution in [0.1, 0.15) is 29.0 Å². The van der Waals surface area contributed by atoms with Crippen LogP contribution in [0.15, 0.2) is 91.0 Å². The Morgan fingerprint density at radius 3 is 2.15 bits per heavy atom. The number of aliphatic carboxylic acids is 1. The number of fused-ring (bicyclic) bond motifs is 4. The molecule has 4 aromatic carbocycles. The lowest BCUT2D eigenvalue weighted by atomic mass is 9.98. The van der Waals surface area contributed by atoms with Crippen LogP contribution in [-0.4, -0.2) is 29.8 Å². The number of rotatable bonds is 7. The van der Waals surface area contributed by atoms with Crippen molar-refractivity contribution in [2.45, 2.75) is 24.8 Å². The van der Waals surface area contributed by atoms with E-state index in [2.05, 4.69) is 17.4 Å². The smallest absolute Gasteiger partial charge is 0.407 e. The molecule has 2 N–H and O–H groups in total. The first-order chi connectivity index (χ1) is 16.6. The highest BCUT2D eigenvalue weighted by Crippen LogP contribution is 2.44. The molecule has 1 aliphatic carbocycles. The molecule has 170 valence electrons. The van der Waals surface area contributed by atoms with Gasteiger partial charge in [0.15, 0.2) is 0 Å². The van der Waals surface area contributed by atoms with Crippen LogP contribution in [0.5, 0.6) is 0 Å². The number of carboxylic acids is 1. The maximum Gasteiger partial charge on any atom is 0.407 e. The highest BCUT2D eigenvalue weighted by atomic mass is 16.5. The van der Waals surface area contributed by atoms with Crippen molar-refractivity contribution < 1.29 is 19.4 Å². The molecule has 0 unspecified atom stereocenters. The Morgan fingerprint density at radius 1 is 0.824 bits per heavy atom. The van der Waals surface area contributed by atoms with Crippen LogP contribution in [0.3, 0.4) is 0 Å². The highest BCUT2D eigenvalue weighted by Gasteiger charge is 2.29. The SMILES string of the molecule is O=C(N[C@@H](CCc1cccc2ccccc12)C(=O)O)OCC1c2ccccc2-c2ccccc21. The summed E-state index contributed by atoms with van der Waals surface area (Å²) in [5, 5.41) is 14.4. The Morgan fingerprint density at radius 2 is 1.44 bits per heavy atom. The summed E-state index contributed by atoms with van der Waals surface area (Å²) in [5.41, 5.74) is 5.57. The first-order valence-electron chi connectivity index (χ1n) is 11.4. The molecule has 4 aromatic rings. The van der Waals surface area contributed by atoms with E-state index in [0.717, 1.165) is 38.6 Å². The molecule has 1 amide bonds. The molecule has 0 spiro atoms. The van der Waals surface area contributed by atoms with Crippen molar-refractivity contribution in [3.05, 3.63) is 108 Å². The third kappa shape index (κ3) is 4.25. The van der Waals surface area contributed by atoms with Crippen molar-refractivity contribution in [2.75, 3.05) is 6.61 Å². The molecular formula is C29H25NO4. The van der Waals surface area contributed by atoms with E-state index in [0.29, 0.717) is 6.42 Å². The molecule has 0 radical (unpaired) electrons. The second-order valence-corrected chi connectivity index (χ2v) is 8.54. The van der Waals surface area contributed by atoms with Crippen LogP contribution in [0.25, 0.3) is 21.9 Å². The van der Waals surface area contributed by atoms with Gasteiger partial charge in [0.1, 0.15) is 12.6 Å². The molecule has 0 aromatic heterocycles. The average molecular weight is 452 g/mol. The van der Waals surface area contributed by atoms with E-state index in [1.165, 1.54) is 0 Å². The summed E-state index contributed by atoms with van der Waals surface area (Å²) >= 11 is 0. The maximum absolute atomic E-state index is 12.6. The van der Waals surface area contributed by atoms with Crippen LogP contribution in [0.4, 0.5) is 4.79 Å². The summed E-state index contributed by atoms with van der Waals surface area (Å²) in [6.07, 6.45) is 0.0855. The van der Waals surface area contributed by atoms with Crippen molar-refractivity contribution in [3.8, 4) is 11.1 Å². The number of alkyl carbamates (subject to hydrolysis) is 1. The molecule has 0 bridgehead atoms. The Hall–Kier alpha value is -4.12. The molecule has 5 rings (SSSR count). The lowest BCUT2D eigenvalue weighted by Gasteiger charge is -2.18. The molecule has 0 aliphatic heterocycles. The van der Waals surface area contributed by atoms with Gasteiger partial charge in [0, 0.05) is 5.92 Å².